The lowest BCUT2D eigenvalue weighted by Crippen LogP contribution is -2.42. The van der Waals surface area contributed by atoms with Crippen molar-refractivity contribution in [2.45, 2.75) is 32.8 Å². The van der Waals surface area contributed by atoms with Crippen LogP contribution in [0.25, 0.3) is 0 Å². The van der Waals surface area contributed by atoms with Crippen LogP contribution in [0.4, 0.5) is 0 Å². The zero-order valence-corrected chi connectivity index (χ0v) is 15.5. The van der Waals surface area contributed by atoms with Crippen molar-refractivity contribution in [3.05, 3.63) is 65.2 Å². The Hall–Kier alpha value is -2.33. The molecule has 138 valence electrons. The molecule has 4 nitrogen and oxygen atoms in total. The Morgan fingerprint density at radius 3 is 2.54 bits per heavy atom. The maximum absolute atomic E-state index is 12.5. The van der Waals surface area contributed by atoms with Gasteiger partial charge in [0.1, 0.15) is 5.75 Å². The summed E-state index contributed by atoms with van der Waals surface area (Å²) < 4.78 is 5.74. The van der Waals surface area contributed by atoms with Gasteiger partial charge in [-0.05, 0) is 55.4 Å². The first-order valence-electron chi connectivity index (χ1n) is 9.25. The molecule has 1 unspecified atom stereocenters. The molecule has 4 heteroatoms. The van der Waals surface area contributed by atoms with Crippen LogP contribution in [-0.4, -0.2) is 35.6 Å². The number of aryl methyl sites for hydroxylation is 2. The number of carbonyl (C=O) groups is 1. The number of aliphatic hydroxyl groups is 1. The van der Waals surface area contributed by atoms with E-state index in [1.54, 1.807) is 0 Å². The molecule has 0 aliphatic carbocycles. The van der Waals surface area contributed by atoms with Crippen molar-refractivity contribution in [1.29, 1.82) is 0 Å². The maximum atomic E-state index is 12.5. The second kappa shape index (κ2) is 8.37. The van der Waals surface area contributed by atoms with Crippen molar-refractivity contribution in [3.8, 4) is 5.75 Å². The van der Waals surface area contributed by atoms with Crippen LogP contribution >= 0.6 is 0 Å². The molecule has 1 fully saturated rings. The average molecular weight is 353 g/mol. The second-order valence-corrected chi connectivity index (χ2v) is 7.13. The predicted octanol–water partition coefficient (Wildman–Crippen LogP) is 3.65. The minimum Gasteiger partial charge on any atom is -0.483 e. The van der Waals surface area contributed by atoms with E-state index in [1.165, 1.54) is 0 Å². The SMILES string of the molecule is Cc1ccc(C)c(OCC(=O)N2CCC(C(O)c3ccccc3)CC2)c1. The van der Waals surface area contributed by atoms with E-state index in [1.807, 2.05) is 67.3 Å². The standard InChI is InChI=1S/C22H27NO3/c1-16-8-9-17(2)20(14-16)26-15-21(24)23-12-10-19(11-13-23)22(25)18-6-4-3-5-7-18/h3-9,14,19,22,25H,10-13,15H2,1-2H3. The first kappa shape index (κ1) is 18.5. The third kappa shape index (κ3) is 4.44. The summed E-state index contributed by atoms with van der Waals surface area (Å²) in [4.78, 5) is 14.3. The topological polar surface area (TPSA) is 49.8 Å². The predicted molar refractivity (Wildman–Crippen MR) is 102 cm³/mol. The van der Waals surface area contributed by atoms with Crippen molar-refractivity contribution in [3.63, 3.8) is 0 Å². The molecule has 2 aromatic carbocycles. The molecule has 0 radical (unpaired) electrons. The lowest BCUT2D eigenvalue weighted by Gasteiger charge is -2.34. The maximum Gasteiger partial charge on any atom is 0.260 e. The Labute approximate surface area is 155 Å². The number of hydrogen-bond donors (Lipinski definition) is 1. The van der Waals surface area contributed by atoms with Crippen LogP contribution in [0.3, 0.4) is 0 Å². The fourth-order valence-corrected chi connectivity index (χ4v) is 3.48. The molecule has 1 heterocycles. The van der Waals surface area contributed by atoms with Gasteiger partial charge in [-0.15, -0.1) is 0 Å². The van der Waals surface area contributed by atoms with Crippen molar-refractivity contribution in [2.75, 3.05) is 19.7 Å². The third-order valence-corrected chi connectivity index (χ3v) is 5.17. The number of ether oxygens (including phenoxy) is 1. The molecule has 2 aromatic rings. The van der Waals surface area contributed by atoms with Gasteiger partial charge in [0.05, 0.1) is 6.10 Å². The Kier molecular flexibility index (Phi) is 5.94. The third-order valence-electron chi connectivity index (χ3n) is 5.17. The molecule has 26 heavy (non-hydrogen) atoms. The van der Waals surface area contributed by atoms with Gasteiger partial charge in [0.2, 0.25) is 0 Å². The highest BCUT2D eigenvalue weighted by molar-refractivity contribution is 5.77. The normalized spacial score (nSPS) is 16.3. The minimum atomic E-state index is -0.459. The number of likely N-dealkylation sites (tertiary alicyclic amines) is 1. The summed E-state index contributed by atoms with van der Waals surface area (Å²) in [6.07, 6.45) is 1.16. The highest BCUT2D eigenvalue weighted by Crippen LogP contribution is 2.30. The van der Waals surface area contributed by atoms with Gasteiger partial charge >= 0.3 is 0 Å². The van der Waals surface area contributed by atoms with Crippen LogP contribution in [0.5, 0.6) is 5.75 Å². The summed E-state index contributed by atoms with van der Waals surface area (Å²) in [6.45, 7) is 5.40. The lowest BCUT2D eigenvalue weighted by atomic mass is 9.87. The monoisotopic (exact) mass is 353 g/mol. The highest BCUT2D eigenvalue weighted by Gasteiger charge is 2.28. The zero-order chi connectivity index (χ0) is 18.5. The van der Waals surface area contributed by atoms with Crippen LogP contribution < -0.4 is 4.74 Å². The van der Waals surface area contributed by atoms with Gasteiger partial charge in [-0.25, -0.2) is 0 Å². The van der Waals surface area contributed by atoms with E-state index in [2.05, 4.69) is 0 Å². The molecule has 1 N–H and O–H groups in total. The molecule has 1 saturated heterocycles. The van der Waals surface area contributed by atoms with E-state index in [4.69, 9.17) is 4.74 Å². The summed E-state index contributed by atoms with van der Waals surface area (Å²) in [5.74, 6) is 0.979. The van der Waals surface area contributed by atoms with E-state index in [0.29, 0.717) is 13.1 Å². The highest BCUT2D eigenvalue weighted by atomic mass is 16.5. The van der Waals surface area contributed by atoms with Gasteiger partial charge in [-0.2, -0.15) is 0 Å². The molecule has 0 spiro atoms. The largest absolute Gasteiger partial charge is 0.483 e. The quantitative estimate of drug-likeness (QED) is 0.892. The van der Waals surface area contributed by atoms with Gasteiger partial charge in [0.25, 0.3) is 5.91 Å². The smallest absolute Gasteiger partial charge is 0.260 e. The molecular weight excluding hydrogens is 326 g/mol. The van der Waals surface area contributed by atoms with Crippen molar-refractivity contribution in [1.82, 2.24) is 4.90 Å². The fourth-order valence-electron chi connectivity index (χ4n) is 3.48. The summed E-state index contributed by atoms with van der Waals surface area (Å²) in [7, 11) is 0. The van der Waals surface area contributed by atoms with Gasteiger partial charge in [0.15, 0.2) is 6.61 Å². The molecule has 1 amide bonds. The summed E-state index contributed by atoms with van der Waals surface area (Å²) in [5, 5.41) is 10.6. The van der Waals surface area contributed by atoms with Crippen LogP contribution in [0, 0.1) is 19.8 Å². The van der Waals surface area contributed by atoms with E-state index in [9.17, 15) is 9.90 Å². The van der Waals surface area contributed by atoms with Crippen LogP contribution in [0.15, 0.2) is 48.5 Å². The summed E-state index contributed by atoms with van der Waals surface area (Å²) in [5.41, 5.74) is 3.11. The molecule has 1 aliphatic rings. The first-order chi connectivity index (χ1) is 12.5. The van der Waals surface area contributed by atoms with Crippen LogP contribution in [-0.2, 0) is 4.79 Å². The molecule has 0 bridgehead atoms. The number of hydrogen-bond acceptors (Lipinski definition) is 3. The second-order valence-electron chi connectivity index (χ2n) is 7.13. The number of aliphatic hydroxyl groups excluding tert-OH is 1. The molecule has 0 saturated carbocycles. The van der Waals surface area contributed by atoms with Crippen molar-refractivity contribution < 1.29 is 14.6 Å². The Morgan fingerprint density at radius 1 is 1.15 bits per heavy atom. The Morgan fingerprint density at radius 2 is 1.85 bits per heavy atom. The number of rotatable bonds is 5. The van der Waals surface area contributed by atoms with Gasteiger partial charge in [-0.3, -0.25) is 4.79 Å². The van der Waals surface area contributed by atoms with Gasteiger partial charge in [-0.1, -0.05) is 42.5 Å². The van der Waals surface area contributed by atoms with E-state index < -0.39 is 6.10 Å². The van der Waals surface area contributed by atoms with Gasteiger partial charge < -0.3 is 14.7 Å². The summed E-state index contributed by atoms with van der Waals surface area (Å²) in [6, 6.07) is 15.8. The van der Waals surface area contributed by atoms with E-state index in [-0.39, 0.29) is 18.4 Å². The number of piperidine rings is 1. The van der Waals surface area contributed by atoms with E-state index >= 15 is 0 Å². The number of benzene rings is 2. The zero-order valence-electron chi connectivity index (χ0n) is 15.5. The Bertz CT molecular complexity index is 736. The molecule has 1 atom stereocenters. The molecule has 0 aromatic heterocycles. The van der Waals surface area contributed by atoms with Gasteiger partial charge in [0, 0.05) is 13.1 Å². The Balaban J connectivity index is 1.50. The molecular formula is C22H27NO3. The van der Waals surface area contributed by atoms with E-state index in [0.717, 1.165) is 35.3 Å². The number of carbonyl (C=O) groups excluding carboxylic acids is 1. The number of nitrogens with zero attached hydrogens (tertiary/aromatic N) is 1. The lowest BCUT2D eigenvalue weighted by molar-refractivity contribution is -0.135. The molecule has 3 rings (SSSR count). The average Bonchev–Trinajstić information content (AvgIpc) is 2.68. The van der Waals surface area contributed by atoms with Crippen molar-refractivity contribution in [2.24, 2.45) is 5.92 Å². The van der Waals surface area contributed by atoms with Crippen LogP contribution in [0.2, 0.25) is 0 Å². The molecule has 1 aliphatic heterocycles. The fraction of sp³-hybridized carbons (Fsp3) is 0.409. The first-order valence-corrected chi connectivity index (χ1v) is 9.25. The summed E-state index contributed by atoms with van der Waals surface area (Å²) >= 11 is 0. The number of amides is 1. The van der Waals surface area contributed by atoms with Crippen LogP contribution in [0.1, 0.15) is 35.6 Å². The van der Waals surface area contributed by atoms with Crippen molar-refractivity contribution >= 4 is 5.91 Å². The minimum absolute atomic E-state index is 0.0126.